The van der Waals surface area contributed by atoms with Crippen LogP contribution in [-0.2, 0) is 0 Å². The Morgan fingerprint density at radius 1 is 0.360 bits per heavy atom. The van der Waals surface area contributed by atoms with E-state index >= 15 is 0 Å². The van der Waals surface area contributed by atoms with Gasteiger partial charge in [-0.2, -0.15) is 15.8 Å². The van der Waals surface area contributed by atoms with Crippen LogP contribution in [0.15, 0.2) is 152 Å². The van der Waals surface area contributed by atoms with Crippen LogP contribution < -0.4 is 0 Å². The fourth-order valence-corrected chi connectivity index (χ4v) is 7.42. The molecule has 2 heterocycles. The highest BCUT2D eigenvalue weighted by molar-refractivity contribution is 6.11. The normalized spacial score (nSPS) is 11.1. The first-order chi connectivity index (χ1) is 24.7. The number of aromatic nitrogens is 2. The summed E-state index contributed by atoms with van der Waals surface area (Å²) < 4.78 is 4.48. The molecule has 0 N–H and O–H groups in total. The Hall–Kier alpha value is -7.39. The van der Waals surface area contributed by atoms with Gasteiger partial charge in [-0.1, -0.05) is 78.9 Å². The van der Waals surface area contributed by atoms with Gasteiger partial charge in [0.1, 0.15) is 0 Å². The van der Waals surface area contributed by atoms with E-state index in [1.165, 1.54) is 0 Å². The van der Waals surface area contributed by atoms with Gasteiger partial charge >= 0.3 is 0 Å². The molecule has 0 unspecified atom stereocenters. The average Bonchev–Trinajstić information content (AvgIpc) is 3.69. The molecule has 9 aromatic rings. The van der Waals surface area contributed by atoms with Crippen molar-refractivity contribution in [2.45, 2.75) is 0 Å². The smallest absolute Gasteiger partial charge is 0.0992 e. The van der Waals surface area contributed by atoms with Crippen LogP contribution in [0.5, 0.6) is 0 Å². The number of fused-ring (bicyclic) bond motifs is 6. The van der Waals surface area contributed by atoms with E-state index in [4.69, 9.17) is 0 Å². The van der Waals surface area contributed by atoms with E-state index in [0.29, 0.717) is 16.7 Å². The molecule has 0 saturated heterocycles. The van der Waals surface area contributed by atoms with Gasteiger partial charge in [0.05, 0.1) is 62.7 Å². The summed E-state index contributed by atoms with van der Waals surface area (Å²) in [5, 5.41) is 33.8. The zero-order valence-corrected chi connectivity index (χ0v) is 26.7. The van der Waals surface area contributed by atoms with Crippen molar-refractivity contribution < 1.29 is 0 Å². The molecule has 0 atom stereocenters. The lowest BCUT2D eigenvalue weighted by Crippen LogP contribution is -1.99. The second kappa shape index (κ2) is 11.4. The van der Waals surface area contributed by atoms with Crippen molar-refractivity contribution in [1.29, 1.82) is 15.8 Å². The molecule has 0 amide bonds. The van der Waals surface area contributed by atoms with Gasteiger partial charge < -0.3 is 9.13 Å². The van der Waals surface area contributed by atoms with Crippen LogP contribution >= 0.6 is 0 Å². The molecule has 230 valence electrons. The lowest BCUT2D eigenvalue weighted by atomic mass is 9.91. The van der Waals surface area contributed by atoms with Crippen molar-refractivity contribution in [2.24, 2.45) is 0 Å². The summed E-state index contributed by atoms with van der Waals surface area (Å²) in [6.45, 7) is 0. The quantitative estimate of drug-likeness (QED) is 0.193. The molecule has 5 heteroatoms. The highest BCUT2D eigenvalue weighted by Crippen LogP contribution is 2.41. The summed E-state index contributed by atoms with van der Waals surface area (Å²) in [5.41, 5.74) is 11.7. The molecule has 7 aromatic carbocycles. The third-order valence-electron chi connectivity index (χ3n) is 9.60. The number of hydrogen-bond acceptors (Lipinski definition) is 3. The lowest BCUT2D eigenvalue weighted by Gasteiger charge is -2.18. The molecular formula is C45H25N5. The van der Waals surface area contributed by atoms with Crippen LogP contribution in [-0.4, -0.2) is 9.13 Å². The molecule has 0 spiro atoms. The maximum atomic E-state index is 10.1. The van der Waals surface area contributed by atoms with Gasteiger partial charge in [-0.15, -0.1) is 0 Å². The van der Waals surface area contributed by atoms with E-state index in [-0.39, 0.29) is 0 Å². The Labute approximate surface area is 287 Å². The van der Waals surface area contributed by atoms with Gasteiger partial charge in [-0.25, -0.2) is 0 Å². The Balaban J connectivity index is 1.29. The molecule has 5 nitrogen and oxygen atoms in total. The molecular weight excluding hydrogens is 611 g/mol. The van der Waals surface area contributed by atoms with E-state index in [2.05, 4.69) is 88.0 Å². The second-order valence-corrected chi connectivity index (χ2v) is 12.3. The van der Waals surface area contributed by atoms with Gasteiger partial charge in [0.15, 0.2) is 0 Å². The van der Waals surface area contributed by atoms with Crippen LogP contribution in [0.25, 0.3) is 77.2 Å². The van der Waals surface area contributed by atoms with E-state index in [1.807, 2.05) is 91.0 Å². The third kappa shape index (κ3) is 4.38. The Bertz CT molecular complexity index is 2970. The summed E-state index contributed by atoms with van der Waals surface area (Å²) in [6, 6.07) is 57.9. The van der Waals surface area contributed by atoms with Crippen LogP contribution in [0.1, 0.15) is 16.7 Å². The van der Waals surface area contributed by atoms with Crippen LogP contribution in [0.2, 0.25) is 0 Å². The average molecular weight is 636 g/mol. The van der Waals surface area contributed by atoms with Crippen LogP contribution in [0.3, 0.4) is 0 Å². The molecule has 0 saturated carbocycles. The highest BCUT2D eigenvalue weighted by atomic mass is 15.0. The Morgan fingerprint density at radius 3 is 1.76 bits per heavy atom. The van der Waals surface area contributed by atoms with E-state index in [0.717, 1.165) is 77.2 Å². The van der Waals surface area contributed by atoms with Crippen molar-refractivity contribution >= 4 is 43.6 Å². The van der Waals surface area contributed by atoms with Crippen molar-refractivity contribution in [3.05, 3.63) is 168 Å². The third-order valence-corrected chi connectivity index (χ3v) is 9.60. The minimum Gasteiger partial charge on any atom is -0.309 e. The molecule has 0 aliphatic rings. The molecule has 0 aliphatic carbocycles. The topological polar surface area (TPSA) is 81.2 Å². The SMILES string of the molecule is N#Cc1ccc(-c2cccc(-n3c4ccccc4c4cc(C#N)ccc43)c2)c(-c2ccccc2-n2c3ccccc3c3ccc(C#N)cc32)c1. The molecule has 0 radical (unpaired) electrons. The number of hydrogen-bond donors (Lipinski definition) is 0. The molecule has 50 heavy (non-hydrogen) atoms. The first-order valence-electron chi connectivity index (χ1n) is 16.3. The number of para-hydroxylation sites is 3. The summed E-state index contributed by atoms with van der Waals surface area (Å²) in [4.78, 5) is 0. The van der Waals surface area contributed by atoms with Gasteiger partial charge in [0, 0.05) is 32.8 Å². The van der Waals surface area contributed by atoms with Gasteiger partial charge in [0.2, 0.25) is 0 Å². The van der Waals surface area contributed by atoms with Crippen molar-refractivity contribution in [1.82, 2.24) is 9.13 Å². The minimum atomic E-state index is 0.569. The van der Waals surface area contributed by atoms with Crippen molar-refractivity contribution in [2.75, 3.05) is 0 Å². The zero-order valence-electron chi connectivity index (χ0n) is 26.7. The summed E-state index contributed by atoms with van der Waals surface area (Å²) in [6.07, 6.45) is 0. The summed E-state index contributed by atoms with van der Waals surface area (Å²) in [5.74, 6) is 0. The predicted molar refractivity (Wildman–Crippen MR) is 200 cm³/mol. The van der Waals surface area contributed by atoms with E-state index < -0.39 is 0 Å². The first-order valence-corrected chi connectivity index (χ1v) is 16.3. The maximum Gasteiger partial charge on any atom is 0.0992 e. The maximum absolute atomic E-state index is 10.1. The molecule has 0 aliphatic heterocycles. The summed E-state index contributed by atoms with van der Waals surface area (Å²) >= 11 is 0. The van der Waals surface area contributed by atoms with Gasteiger partial charge in [0.25, 0.3) is 0 Å². The number of nitriles is 3. The number of benzene rings is 7. The molecule has 2 aromatic heterocycles. The molecule has 0 fully saturated rings. The standard InChI is InChI=1S/C45H25N5/c46-26-29-16-19-34(32-8-7-9-33(25-32)49-41-13-4-3-12-37(41)40-23-30(27-47)18-21-44(40)49)39(22-29)36-11-2-6-15-43(36)50-42-14-5-1-10-35(42)38-20-17-31(28-48)24-45(38)50/h1-25H. The minimum absolute atomic E-state index is 0.569. The van der Waals surface area contributed by atoms with E-state index in [1.54, 1.807) is 0 Å². The zero-order chi connectivity index (χ0) is 33.8. The predicted octanol–water partition coefficient (Wildman–Crippen LogP) is 10.8. The van der Waals surface area contributed by atoms with Crippen molar-refractivity contribution in [3.8, 4) is 51.8 Å². The molecule has 9 rings (SSSR count). The highest BCUT2D eigenvalue weighted by Gasteiger charge is 2.19. The van der Waals surface area contributed by atoms with Gasteiger partial charge in [-0.3, -0.25) is 0 Å². The number of nitrogens with zero attached hydrogens (tertiary/aromatic N) is 5. The van der Waals surface area contributed by atoms with Crippen LogP contribution in [0, 0.1) is 34.0 Å². The van der Waals surface area contributed by atoms with Crippen molar-refractivity contribution in [3.63, 3.8) is 0 Å². The fourth-order valence-electron chi connectivity index (χ4n) is 7.42. The number of rotatable bonds is 4. The van der Waals surface area contributed by atoms with Crippen LogP contribution in [0.4, 0.5) is 0 Å². The fraction of sp³-hybridized carbons (Fsp3) is 0. The lowest BCUT2D eigenvalue weighted by molar-refractivity contribution is 1.18. The largest absolute Gasteiger partial charge is 0.309 e. The van der Waals surface area contributed by atoms with Gasteiger partial charge in [-0.05, 0) is 89.5 Å². The first kappa shape index (κ1) is 28.8. The summed E-state index contributed by atoms with van der Waals surface area (Å²) in [7, 11) is 0. The Kier molecular flexibility index (Phi) is 6.56. The molecule has 0 bridgehead atoms. The second-order valence-electron chi connectivity index (χ2n) is 12.3. The van der Waals surface area contributed by atoms with E-state index in [9.17, 15) is 15.8 Å². The monoisotopic (exact) mass is 635 g/mol. The Morgan fingerprint density at radius 2 is 0.960 bits per heavy atom.